The monoisotopic (exact) mass is 278 g/mol. The van der Waals surface area contributed by atoms with Crippen molar-refractivity contribution >= 4 is 17.7 Å². The number of aryl methyl sites for hydroxylation is 1. The Morgan fingerprint density at radius 1 is 1.47 bits per heavy atom. The summed E-state index contributed by atoms with van der Waals surface area (Å²) < 4.78 is 5.07. The van der Waals surface area contributed by atoms with Crippen molar-refractivity contribution in [1.29, 1.82) is 0 Å². The van der Waals surface area contributed by atoms with Crippen molar-refractivity contribution in [3.8, 4) is 0 Å². The lowest BCUT2D eigenvalue weighted by Crippen LogP contribution is -1.98. The van der Waals surface area contributed by atoms with Gasteiger partial charge >= 0.3 is 5.97 Å². The molecule has 2 rings (SSSR count). The number of hydrogen-bond donors (Lipinski definition) is 1. The number of carboxylic acids is 1. The third-order valence-corrected chi connectivity index (χ3v) is 3.31. The van der Waals surface area contributed by atoms with Gasteiger partial charge in [-0.15, -0.1) is 11.8 Å². The zero-order chi connectivity index (χ0) is 13.7. The maximum atomic E-state index is 10.4. The molecule has 1 heterocycles. The number of rotatable bonds is 6. The number of aromatic nitrogens is 2. The molecule has 0 spiro atoms. The maximum Gasteiger partial charge on any atom is 0.313 e. The van der Waals surface area contributed by atoms with Gasteiger partial charge in [0.05, 0.1) is 11.5 Å². The second kappa shape index (κ2) is 6.38. The van der Waals surface area contributed by atoms with Crippen molar-refractivity contribution < 1.29 is 14.4 Å². The van der Waals surface area contributed by atoms with Crippen molar-refractivity contribution in [2.75, 3.05) is 5.75 Å². The van der Waals surface area contributed by atoms with Crippen molar-refractivity contribution in [1.82, 2.24) is 10.1 Å². The summed E-state index contributed by atoms with van der Waals surface area (Å²) in [6.45, 7) is 2.04. The summed E-state index contributed by atoms with van der Waals surface area (Å²) in [5.41, 5.74) is 2.32. The third-order valence-electron chi connectivity index (χ3n) is 2.41. The van der Waals surface area contributed by atoms with Gasteiger partial charge in [0.2, 0.25) is 5.89 Å². The first kappa shape index (κ1) is 13.6. The summed E-state index contributed by atoms with van der Waals surface area (Å²) in [6, 6.07) is 8.12. The van der Waals surface area contributed by atoms with Crippen molar-refractivity contribution in [2.24, 2.45) is 0 Å². The summed E-state index contributed by atoms with van der Waals surface area (Å²) in [6.07, 6.45) is 0.620. The van der Waals surface area contributed by atoms with E-state index in [9.17, 15) is 4.79 Å². The average molecular weight is 278 g/mol. The van der Waals surface area contributed by atoms with Gasteiger partial charge in [0, 0.05) is 6.42 Å². The van der Waals surface area contributed by atoms with Crippen LogP contribution in [-0.4, -0.2) is 27.0 Å². The van der Waals surface area contributed by atoms with Gasteiger partial charge in [0.15, 0.2) is 5.82 Å². The first-order valence-electron chi connectivity index (χ1n) is 5.80. The van der Waals surface area contributed by atoms with Crippen LogP contribution < -0.4 is 0 Å². The van der Waals surface area contributed by atoms with Crippen LogP contribution in [0.3, 0.4) is 0 Å². The van der Waals surface area contributed by atoms with E-state index in [0.717, 1.165) is 5.56 Å². The molecule has 0 aliphatic carbocycles. The van der Waals surface area contributed by atoms with E-state index >= 15 is 0 Å². The smallest absolute Gasteiger partial charge is 0.313 e. The van der Waals surface area contributed by atoms with Crippen LogP contribution in [-0.2, 0) is 17.0 Å². The van der Waals surface area contributed by atoms with E-state index < -0.39 is 5.97 Å². The molecule has 0 saturated heterocycles. The van der Waals surface area contributed by atoms with Crippen LogP contribution in [0.4, 0.5) is 0 Å². The first-order chi connectivity index (χ1) is 9.13. The lowest BCUT2D eigenvalue weighted by molar-refractivity contribution is -0.133. The van der Waals surface area contributed by atoms with Crippen molar-refractivity contribution in [2.45, 2.75) is 19.1 Å². The molecule has 6 heteroatoms. The van der Waals surface area contributed by atoms with Crippen LogP contribution in [0.15, 0.2) is 28.8 Å². The molecule has 0 aliphatic rings. The quantitative estimate of drug-likeness (QED) is 0.873. The number of carbonyl (C=O) groups is 1. The minimum absolute atomic E-state index is 0.0373. The normalized spacial score (nSPS) is 10.6. The number of thioether (sulfide) groups is 1. The number of nitrogens with zero attached hydrogens (tertiary/aromatic N) is 2. The Labute approximate surface area is 115 Å². The molecule has 5 nitrogen and oxygen atoms in total. The van der Waals surface area contributed by atoms with Crippen LogP contribution in [0.25, 0.3) is 0 Å². The van der Waals surface area contributed by atoms with Crippen LogP contribution in [0.2, 0.25) is 0 Å². The van der Waals surface area contributed by atoms with Crippen LogP contribution in [0.5, 0.6) is 0 Å². The highest BCUT2D eigenvalue weighted by Crippen LogP contribution is 2.12. The number of aliphatic carboxylic acids is 1. The largest absolute Gasteiger partial charge is 0.481 e. The summed E-state index contributed by atoms with van der Waals surface area (Å²) in [5, 5.41) is 12.4. The summed E-state index contributed by atoms with van der Waals surface area (Å²) in [5.74, 6) is 0.706. The van der Waals surface area contributed by atoms with Gasteiger partial charge in [-0.3, -0.25) is 4.79 Å². The van der Waals surface area contributed by atoms with Gasteiger partial charge in [-0.25, -0.2) is 0 Å². The predicted octanol–water partition coefficient (Wildman–Crippen LogP) is 2.29. The first-order valence-corrected chi connectivity index (χ1v) is 6.95. The highest BCUT2D eigenvalue weighted by atomic mass is 32.2. The zero-order valence-corrected chi connectivity index (χ0v) is 11.3. The molecule has 0 unspecified atom stereocenters. The molecule has 0 radical (unpaired) electrons. The lowest BCUT2D eigenvalue weighted by Gasteiger charge is -1.97. The summed E-state index contributed by atoms with van der Waals surface area (Å²) in [4.78, 5) is 14.6. The molecule has 0 atom stereocenters. The lowest BCUT2D eigenvalue weighted by atomic mass is 10.1. The topological polar surface area (TPSA) is 76.2 Å². The van der Waals surface area contributed by atoms with Gasteiger partial charge in [-0.2, -0.15) is 4.98 Å². The van der Waals surface area contributed by atoms with Gasteiger partial charge in [-0.1, -0.05) is 35.0 Å². The molecule has 19 heavy (non-hydrogen) atoms. The van der Waals surface area contributed by atoms with E-state index in [1.807, 2.05) is 25.1 Å². The van der Waals surface area contributed by atoms with E-state index in [1.54, 1.807) is 0 Å². The highest BCUT2D eigenvalue weighted by Gasteiger charge is 2.08. The summed E-state index contributed by atoms with van der Waals surface area (Å²) in [7, 11) is 0. The maximum absolute atomic E-state index is 10.4. The van der Waals surface area contributed by atoms with Gasteiger partial charge in [-0.05, 0) is 12.5 Å². The number of benzene rings is 1. The predicted molar refractivity (Wildman–Crippen MR) is 72.1 cm³/mol. The van der Waals surface area contributed by atoms with E-state index in [-0.39, 0.29) is 5.75 Å². The second-order valence-electron chi connectivity index (χ2n) is 4.16. The molecule has 0 saturated carbocycles. The molecule has 0 aliphatic heterocycles. The molecular formula is C13H14N2O3S. The van der Waals surface area contributed by atoms with E-state index in [2.05, 4.69) is 16.2 Å². The number of hydrogen-bond acceptors (Lipinski definition) is 5. The van der Waals surface area contributed by atoms with Gasteiger partial charge in [0.25, 0.3) is 0 Å². The molecule has 2 aromatic rings. The Balaban J connectivity index is 1.92. The van der Waals surface area contributed by atoms with E-state index in [4.69, 9.17) is 9.63 Å². The highest BCUT2D eigenvalue weighted by molar-refractivity contribution is 7.99. The molecule has 0 amide bonds. The Kier molecular flexibility index (Phi) is 4.57. The van der Waals surface area contributed by atoms with Crippen LogP contribution in [0, 0.1) is 6.92 Å². The van der Waals surface area contributed by atoms with E-state index in [0.29, 0.717) is 23.9 Å². The standard InChI is InChI=1S/C13H14N2O3S/c1-9-3-2-4-10(5-9)6-11-14-12(18-15-11)7-19-8-13(16)17/h2-5H,6-8H2,1H3,(H,16,17). The Morgan fingerprint density at radius 3 is 3.05 bits per heavy atom. The molecule has 0 bridgehead atoms. The molecule has 1 N–H and O–H groups in total. The summed E-state index contributed by atoms with van der Waals surface area (Å²) >= 11 is 1.24. The molecule has 100 valence electrons. The minimum Gasteiger partial charge on any atom is -0.481 e. The average Bonchev–Trinajstić information content (AvgIpc) is 2.76. The second-order valence-corrected chi connectivity index (χ2v) is 5.14. The minimum atomic E-state index is -0.843. The number of carboxylic acid groups (broad SMARTS) is 1. The van der Waals surface area contributed by atoms with Gasteiger partial charge < -0.3 is 9.63 Å². The molecule has 1 aromatic heterocycles. The van der Waals surface area contributed by atoms with Crippen molar-refractivity contribution in [3.05, 3.63) is 47.1 Å². The fraction of sp³-hybridized carbons (Fsp3) is 0.308. The third kappa shape index (κ3) is 4.40. The molecular weight excluding hydrogens is 264 g/mol. The van der Waals surface area contributed by atoms with Crippen LogP contribution in [0.1, 0.15) is 22.8 Å². The zero-order valence-electron chi connectivity index (χ0n) is 10.5. The Morgan fingerprint density at radius 2 is 2.32 bits per heavy atom. The molecule has 0 fully saturated rings. The fourth-order valence-corrected chi connectivity index (χ4v) is 2.22. The van der Waals surface area contributed by atoms with E-state index in [1.165, 1.54) is 17.3 Å². The van der Waals surface area contributed by atoms with Crippen molar-refractivity contribution in [3.63, 3.8) is 0 Å². The molecule has 1 aromatic carbocycles. The van der Waals surface area contributed by atoms with Crippen LogP contribution >= 0.6 is 11.8 Å². The SMILES string of the molecule is Cc1cccc(Cc2noc(CSCC(=O)O)n2)c1. The Bertz CT molecular complexity index is 569. The Hall–Kier alpha value is -1.82. The fourth-order valence-electron chi connectivity index (χ4n) is 1.65. The van der Waals surface area contributed by atoms with Gasteiger partial charge in [0.1, 0.15) is 0 Å².